The first-order chi connectivity index (χ1) is 23.7. The number of fused-ring (bicyclic) bond motifs is 12. The lowest BCUT2D eigenvalue weighted by molar-refractivity contribution is 0.564. The van der Waals surface area contributed by atoms with Crippen molar-refractivity contribution in [3.63, 3.8) is 0 Å². The molecule has 0 N–H and O–H groups in total. The number of benzene rings is 6. The number of aromatic nitrogens is 1. The molecule has 7 aromatic rings. The predicted molar refractivity (Wildman–Crippen MR) is 195 cm³/mol. The van der Waals surface area contributed by atoms with Crippen LogP contribution in [0.15, 0.2) is 152 Å². The average Bonchev–Trinajstić information content (AvgIpc) is 3.88. The van der Waals surface area contributed by atoms with Gasteiger partial charge in [0.15, 0.2) is 0 Å². The van der Waals surface area contributed by atoms with E-state index in [4.69, 9.17) is 4.98 Å². The van der Waals surface area contributed by atoms with Crippen LogP contribution in [0.4, 0.5) is 0 Å². The molecule has 11 rings (SSSR count). The monoisotopic (exact) mass is 611 g/mol. The van der Waals surface area contributed by atoms with Crippen molar-refractivity contribution in [1.82, 2.24) is 4.98 Å². The van der Waals surface area contributed by atoms with Crippen LogP contribution in [0.3, 0.4) is 0 Å². The van der Waals surface area contributed by atoms with Gasteiger partial charge in [0.25, 0.3) is 0 Å². The maximum Gasteiger partial charge on any atom is 0.0709 e. The molecule has 0 atom stereocenters. The topological polar surface area (TPSA) is 12.9 Å². The average molecular weight is 612 g/mol. The zero-order valence-corrected chi connectivity index (χ0v) is 26.7. The Bertz CT molecular complexity index is 2260. The van der Waals surface area contributed by atoms with Gasteiger partial charge in [-0.05, 0) is 117 Å². The van der Waals surface area contributed by atoms with Crippen LogP contribution in [0, 0.1) is 0 Å². The highest BCUT2D eigenvalue weighted by Crippen LogP contribution is 2.57. The molecule has 0 radical (unpaired) electrons. The smallest absolute Gasteiger partial charge is 0.0709 e. The Balaban J connectivity index is 1.02. The fourth-order valence-electron chi connectivity index (χ4n) is 9.98. The van der Waals surface area contributed by atoms with Crippen LogP contribution in [-0.2, 0) is 36.5 Å². The molecule has 1 heteroatoms. The lowest BCUT2D eigenvalue weighted by Gasteiger charge is -2.27. The molecule has 226 valence electrons. The summed E-state index contributed by atoms with van der Waals surface area (Å²) in [6, 6.07) is 56.9. The first-order valence-corrected chi connectivity index (χ1v) is 17.3. The summed E-state index contributed by atoms with van der Waals surface area (Å²) in [6.45, 7) is 0. The summed E-state index contributed by atoms with van der Waals surface area (Å²) in [7, 11) is 0. The van der Waals surface area contributed by atoms with E-state index in [1.165, 1.54) is 77.9 Å². The summed E-state index contributed by atoms with van der Waals surface area (Å²) in [5.41, 5.74) is 21.7. The Morgan fingerprint density at radius 3 is 1.15 bits per heavy atom. The minimum Gasteiger partial charge on any atom is -0.248 e. The Morgan fingerprint density at radius 2 is 0.708 bits per heavy atom. The summed E-state index contributed by atoms with van der Waals surface area (Å²) in [5, 5.41) is 0. The minimum atomic E-state index is -0.0224. The van der Waals surface area contributed by atoms with E-state index in [9.17, 15) is 0 Å². The Morgan fingerprint density at radius 1 is 0.333 bits per heavy atom. The number of nitrogens with zero attached hydrogens (tertiary/aromatic N) is 1. The van der Waals surface area contributed by atoms with Crippen LogP contribution < -0.4 is 0 Å². The number of rotatable bonds is 2. The largest absolute Gasteiger partial charge is 0.248 e. The maximum absolute atomic E-state index is 5.37. The molecular weight excluding hydrogens is 579 g/mol. The first-order valence-electron chi connectivity index (χ1n) is 17.3. The molecule has 0 fully saturated rings. The molecule has 48 heavy (non-hydrogen) atoms. The van der Waals surface area contributed by atoms with E-state index >= 15 is 0 Å². The van der Waals surface area contributed by atoms with Gasteiger partial charge in [-0.3, -0.25) is 0 Å². The predicted octanol–water partition coefficient (Wildman–Crippen LogP) is 10.5. The van der Waals surface area contributed by atoms with Crippen molar-refractivity contribution in [2.75, 3.05) is 0 Å². The van der Waals surface area contributed by atoms with E-state index in [-0.39, 0.29) is 10.8 Å². The Hall–Kier alpha value is -5.53. The third-order valence-corrected chi connectivity index (χ3v) is 12.1. The van der Waals surface area contributed by atoms with Gasteiger partial charge in [0.05, 0.1) is 11.4 Å². The van der Waals surface area contributed by atoms with E-state index in [2.05, 4.69) is 152 Å². The standard InChI is InChI=1S/C47H33N/c1-2-11-33-27-46(26-32(33)10-1)40-16-7-5-14-36(40)38-22-20-30(24-42(38)46)44-18-9-19-45(48-44)31-21-23-39-37-15-6-8-17-41(37)47(43(39)25-31)28-34-12-3-4-13-35(34)29-47/h1-25H,26-29H2. The van der Waals surface area contributed by atoms with Crippen LogP contribution in [0.2, 0.25) is 0 Å². The fourth-order valence-corrected chi connectivity index (χ4v) is 9.98. The van der Waals surface area contributed by atoms with Gasteiger partial charge in [-0.25, -0.2) is 4.98 Å². The van der Waals surface area contributed by atoms with Crippen LogP contribution in [-0.4, -0.2) is 4.98 Å². The highest BCUT2D eigenvalue weighted by molar-refractivity contribution is 5.86. The number of pyridine rings is 1. The van der Waals surface area contributed by atoms with Gasteiger partial charge in [0.2, 0.25) is 0 Å². The van der Waals surface area contributed by atoms with Crippen molar-refractivity contribution in [2.45, 2.75) is 36.5 Å². The normalized spacial score (nSPS) is 16.3. The first kappa shape index (κ1) is 26.5. The molecule has 0 saturated heterocycles. The summed E-state index contributed by atoms with van der Waals surface area (Å²) in [6.07, 6.45) is 4.20. The Kier molecular flexibility index (Phi) is 5.26. The van der Waals surface area contributed by atoms with Crippen LogP contribution in [0.5, 0.6) is 0 Å². The molecule has 4 aliphatic rings. The third-order valence-electron chi connectivity index (χ3n) is 12.1. The van der Waals surface area contributed by atoms with Crippen molar-refractivity contribution in [3.8, 4) is 44.8 Å². The summed E-state index contributed by atoms with van der Waals surface area (Å²) in [4.78, 5) is 5.37. The summed E-state index contributed by atoms with van der Waals surface area (Å²) < 4.78 is 0. The van der Waals surface area contributed by atoms with Crippen molar-refractivity contribution in [2.24, 2.45) is 0 Å². The molecule has 6 aromatic carbocycles. The molecule has 0 unspecified atom stereocenters. The SMILES string of the molecule is c1cc(-c2ccc3c(c2)C2(Cc4ccccc4C2)c2ccccc2-3)nc(-c2ccc3c(c2)C2(Cc4ccccc4C2)c2ccccc2-3)c1. The lowest BCUT2D eigenvalue weighted by atomic mass is 9.75. The molecule has 2 spiro atoms. The van der Waals surface area contributed by atoms with E-state index in [0.29, 0.717) is 0 Å². The van der Waals surface area contributed by atoms with Gasteiger partial charge in [0.1, 0.15) is 0 Å². The zero-order chi connectivity index (χ0) is 31.5. The minimum absolute atomic E-state index is 0.0224. The van der Waals surface area contributed by atoms with Crippen LogP contribution in [0.25, 0.3) is 44.8 Å². The van der Waals surface area contributed by atoms with Gasteiger partial charge in [-0.1, -0.05) is 127 Å². The summed E-state index contributed by atoms with van der Waals surface area (Å²) >= 11 is 0. The van der Waals surface area contributed by atoms with E-state index in [0.717, 1.165) is 37.1 Å². The van der Waals surface area contributed by atoms with Gasteiger partial charge in [-0.2, -0.15) is 0 Å². The second-order valence-electron chi connectivity index (χ2n) is 14.4. The highest BCUT2D eigenvalue weighted by Gasteiger charge is 2.48. The number of hydrogen-bond acceptors (Lipinski definition) is 1. The third kappa shape index (κ3) is 3.49. The molecule has 1 aromatic heterocycles. The molecule has 1 nitrogen and oxygen atoms in total. The molecule has 0 bridgehead atoms. The molecule has 4 aliphatic carbocycles. The quantitative estimate of drug-likeness (QED) is 0.190. The highest BCUT2D eigenvalue weighted by atomic mass is 14.7. The maximum atomic E-state index is 5.37. The van der Waals surface area contributed by atoms with Gasteiger partial charge in [0, 0.05) is 22.0 Å². The van der Waals surface area contributed by atoms with Crippen LogP contribution >= 0.6 is 0 Å². The van der Waals surface area contributed by atoms with E-state index < -0.39 is 0 Å². The molecule has 0 amide bonds. The molecular formula is C47H33N. The van der Waals surface area contributed by atoms with Gasteiger partial charge in [-0.15, -0.1) is 0 Å². The van der Waals surface area contributed by atoms with E-state index in [1.54, 1.807) is 0 Å². The second-order valence-corrected chi connectivity index (χ2v) is 14.4. The second kappa shape index (κ2) is 9.52. The number of hydrogen-bond donors (Lipinski definition) is 0. The Labute approximate surface area is 281 Å². The molecule has 0 aliphatic heterocycles. The van der Waals surface area contributed by atoms with Crippen LogP contribution in [0.1, 0.15) is 44.5 Å². The lowest BCUT2D eigenvalue weighted by Crippen LogP contribution is -2.25. The summed E-state index contributed by atoms with van der Waals surface area (Å²) in [5.74, 6) is 0. The van der Waals surface area contributed by atoms with Crippen molar-refractivity contribution >= 4 is 0 Å². The molecule has 0 saturated carbocycles. The van der Waals surface area contributed by atoms with Crippen molar-refractivity contribution < 1.29 is 0 Å². The van der Waals surface area contributed by atoms with Gasteiger partial charge >= 0.3 is 0 Å². The van der Waals surface area contributed by atoms with E-state index in [1.807, 2.05) is 0 Å². The van der Waals surface area contributed by atoms with Crippen molar-refractivity contribution in [3.05, 3.63) is 196 Å². The van der Waals surface area contributed by atoms with Gasteiger partial charge < -0.3 is 0 Å². The molecule has 1 heterocycles. The van der Waals surface area contributed by atoms with Crippen molar-refractivity contribution in [1.29, 1.82) is 0 Å². The fraction of sp³-hybridized carbons (Fsp3) is 0.128. The zero-order valence-electron chi connectivity index (χ0n) is 26.7.